The number of primary amides is 1. The molecule has 10 N–H and O–H groups in total. The predicted molar refractivity (Wildman–Crippen MR) is 142 cm³/mol. The molecule has 38 heavy (non-hydrogen) atoms. The predicted octanol–water partition coefficient (Wildman–Crippen LogP) is -2.96. The van der Waals surface area contributed by atoms with Crippen LogP contribution in [0.25, 0.3) is 0 Å². The number of benzene rings is 1. The van der Waals surface area contributed by atoms with Gasteiger partial charge in [-0.1, -0.05) is 12.1 Å². The van der Waals surface area contributed by atoms with Gasteiger partial charge in [0, 0.05) is 24.3 Å². The molecular weight excluding hydrogens is 540 g/mol. The fraction of sp³-hybridized carbons (Fsp3) is 0.455. The Morgan fingerprint density at radius 1 is 0.842 bits per heavy atom. The highest BCUT2D eigenvalue weighted by molar-refractivity contribution is 7.80. The van der Waals surface area contributed by atoms with Crippen LogP contribution in [0.2, 0.25) is 0 Å². The van der Waals surface area contributed by atoms with E-state index in [1.54, 1.807) is 0 Å². The van der Waals surface area contributed by atoms with Gasteiger partial charge in [-0.2, -0.15) is 25.3 Å². The van der Waals surface area contributed by atoms with E-state index in [1.807, 2.05) is 0 Å². The molecule has 14 nitrogen and oxygen atoms in total. The van der Waals surface area contributed by atoms with Crippen LogP contribution in [0.1, 0.15) is 18.4 Å². The topological polar surface area (TPSA) is 243 Å². The zero-order valence-electron chi connectivity index (χ0n) is 20.3. The van der Waals surface area contributed by atoms with Crippen LogP contribution >= 0.6 is 25.3 Å². The highest BCUT2D eigenvalue weighted by atomic mass is 32.1. The molecule has 0 radical (unpaired) electrons. The number of hydrogen-bond donors (Lipinski definition) is 10. The number of phenolic OH excluding ortho intramolecular Hbond substituents is 1. The monoisotopic (exact) mass is 572 g/mol. The van der Waals surface area contributed by atoms with Gasteiger partial charge in [0.05, 0.1) is 12.6 Å². The molecule has 16 heteroatoms. The van der Waals surface area contributed by atoms with Gasteiger partial charge in [0.1, 0.15) is 23.9 Å². The number of rotatable bonds is 16. The fourth-order valence-corrected chi connectivity index (χ4v) is 3.48. The van der Waals surface area contributed by atoms with Crippen LogP contribution in [0.15, 0.2) is 24.3 Å². The zero-order chi connectivity index (χ0) is 28.8. The average molecular weight is 573 g/mol. The van der Waals surface area contributed by atoms with Crippen molar-refractivity contribution in [1.29, 1.82) is 0 Å². The number of phenols is 1. The lowest BCUT2D eigenvalue weighted by molar-refractivity contribution is -0.141. The minimum Gasteiger partial charge on any atom is -0.508 e. The van der Waals surface area contributed by atoms with Gasteiger partial charge in [-0.3, -0.25) is 24.0 Å². The van der Waals surface area contributed by atoms with Crippen LogP contribution in [-0.2, 0) is 35.2 Å². The standard InChI is InChI=1S/C22H32N6O8S2/c23-13(5-6-17(24)30)19(32)28-15(9-37)21(34)27-14(7-11-1-3-12(29)4-2-11)20(33)25-8-18(31)26-16(10-38)22(35)36/h1-4,13-16,29,37-38H,5-10,23H2,(H2,24,30)(H,25,33)(H,26,31)(H,27,34)(H,28,32)(H,35,36)/t13-,14-,15-,16-/m0/s1. The number of nitrogens with two attached hydrogens (primary N) is 2. The number of carbonyl (C=O) groups is 6. The first-order chi connectivity index (χ1) is 17.9. The van der Waals surface area contributed by atoms with E-state index in [4.69, 9.17) is 16.6 Å². The van der Waals surface area contributed by atoms with Crippen molar-refractivity contribution in [3.8, 4) is 5.75 Å². The first kappa shape index (κ1) is 32.5. The SMILES string of the molecule is NC(=O)CC[C@H](N)C(=O)N[C@@H](CS)C(=O)N[C@@H](Cc1ccc(O)cc1)C(=O)NCC(=O)N[C@@H](CS)C(=O)O. The van der Waals surface area contributed by atoms with Gasteiger partial charge in [-0.05, 0) is 24.1 Å². The summed E-state index contributed by atoms with van der Waals surface area (Å²) in [7, 11) is 0. The summed E-state index contributed by atoms with van der Waals surface area (Å²) < 4.78 is 0. The summed E-state index contributed by atoms with van der Waals surface area (Å²) in [6, 6.07) is 1.00. The van der Waals surface area contributed by atoms with Crippen molar-refractivity contribution in [3.05, 3.63) is 29.8 Å². The number of aliphatic carboxylic acids is 1. The lowest BCUT2D eigenvalue weighted by Crippen LogP contribution is -2.57. The molecule has 1 aromatic rings. The van der Waals surface area contributed by atoms with E-state index >= 15 is 0 Å². The fourth-order valence-electron chi connectivity index (χ4n) is 2.97. The van der Waals surface area contributed by atoms with E-state index in [9.17, 15) is 33.9 Å². The molecule has 1 rings (SSSR count). The molecule has 5 amide bonds. The molecule has 0 saturated carbocycles. The second-order valence-corrected chi connectivity index (χ2v) is 8.88. The smallest absolute Gasteiger partial charge is 0.327 e. The van der Waals surface area contributed by atoms with Crippen LogP contribution in [-0.4, -0.2) is 87.9 Å². The third kappa shape index (κ3) is 11.7. The Hall–Kier alpha value is -3.50. The zero-order valence-corrected chi connectivity index (χ0v) is 22.0. The van der Waals surface area contributed by atoms with E-state index in [-0.39, 0.29) is 36.5 Å². The maximum absolute atomic E-state index is 12.9. The number of hydrogen-bond acceptors (Lipinski definition) is 10. The first-order valence-electron chi connectivity index (χ1n) is 11.3. The van der Waals surface area contributed by atoms with Crippen molar-refractivity contribution >= 4 is 60.8 Å². The molecule has 0 aliphatic carbocycles. The van der Waals surface area contributed by atoms with Crippen molar-refractivity contribution in [2.45, 2.75) is 43.4 Å². The molecule has 0 bridgehead atoms. The number of carboxylic acids is 1. The van der Waals surface area contributed by atoms with E-state index in [1.165, 1.54) is 24.3 Å². The third-order valence-corrected chi connectivity index (χ3v) is 5.83. The highest BCUT2D eigenvalue weighted by Crippen LogP contribution is 2.12. The van der Waals surface area contributed by atoms with Crippen LogP contribution in [0.5, 0.6) is 5.75 Å². The molecule has 0 spiro atoms. The number of thiol groups is 2. The van der Waals surface area contributed by atoms with Crippen molar-refractivity contribution in [1.82, 2.24) is 21.3 Å². The normalized spacial score (nSPS) is 13.8. The van der Waals surface area contributed by atoms with Crippen molar-refractivity contribution in [2.75, 3.05) is 18.1 Å². The Morgan fingerprint density at radius 3 is 1.95 bits per heavy atom. The van der Waals surface area contributed by atoms with E-state index < -0.39 is 66.2 Å². The maximum atomic E-state index is 12.9. The van der Waals surface area contributed by atoms with Gasteiger partial charge < -0.3 is 42.9 Å². The Kier molecular flexibility index (Phi) is 14.0. The largest absolute Gasteiger partial charge is 0.508 e. The molecule has 0 aliphatic heterocycles. The van der Waals surface area contributed by atoms with E-state index in [0.717, 1.165) is 0 Å². The number of nitrogens with one attached hydrogen (secondary N) is 4. The highest BCUT2D eigenvalue weighted by Gasteiger charge is 2.28. The minimum atomic E-state index is -1.30. The second kappa shape index (κ2) is 16.4. The third-order valence-electron chi connectivity index (χ3n) is 5.10. The molecule has 210 valence electrons. The minimum absolute atomic E-state index is 0.0156. The van der Waals surface area contributed by atoms with Crippen molar-refractivity contribution in [3.63, 3.8) is 0 Å². The molecule has 0 heterocycles. The summed E-state index contributed by atoms with van der Waals surface area (Å²) in [6.07, 6.45) is -0.221. The molecule has 4 atom stereocenters. The summed E-state index contributed by atoms with van der Waals surface area (Å²) in [5.74, 6) is -5.36. The average Bonchev–Trinajstić information content (AvgIpc) is 2.87. The molecular formula is C22H32N6O8S2. The van der Waals surface area contributed by atoms with Crippen LogP contribution in [0.3, 0.4) is 0 Å². The van der Waals surface area contributed by atoms with Gasteiger partial charge in [-0.15, -0.1) is 0 Å². The van der Waals surface area contributed by atoms with E-state index in [0.29, 0.717) is 5.56 Å². The lowest BCUT2D eigenvalue weighted by atomic mass is 10.0. The molecule has 1 aromatic carbocycles. The molecule has 0 unspecified atom stereocenters. The van der Waals surface area contributed by atoms with Gasteiger partial charge in [-0.25, -0.2) is 4.79 Å². The summed E-state index contributed by atoms with van der Waals surface area (Å²) in [5, 5.41) is 27.9. The van der Waals surface area contributed by atoms with Crippen LogP contribution in [0.4, 0.5) is 0 Å². The van der Waals surface area contributed by atoms with Gasteiger partial charge in [0.15, 0.2) is 0 Å². The van der Waals surface area contributed by atoms with Crippen molar-refractivity contribution < 1.29 is 39.0 Å². The van der Waals surface area contributed by atoms with Crippen LogP contribution in [0, 0.1) is 0 Å². The number of carboxylic acid groups (broad SMARTS) is 1. The van der Waals surface area contributed by atoms with Crippen LogP contribution < -0.4 is 32.7 Å². The second-order valence-electron chi connectivity index (χ2n) is 8.15. The number of aromatic hydroxyl groups is 1. The molecule has 0 aliphatic rings. The Labute approximate surface area is 229 Å². The van der Waals surface area contributed by atoms with Crippen molar-refractivity contribution in [2.24, 2.45) is 11.5 Å². The quantitative estimate of drug-likeness (QED) is 0.0909. The summed E-state index contributed by atoms with van der Waals surface area (Å²) in [4.78, 5) is 72.1. The van der Waals surface area contributed by atoms with Gasteiger partial charge >= 0.3 is 5.97 Å². The first-order valence-corrected chi connectivity index (χ1v) is 12.6. The maximum Gasteiger partial charge on any atom is 0.327 e. The summed E-state index contributed by atoms with van der Waals surface area (Å²) in [6.45, 7) is -0.584. The summed E-state index contributed by atoms with van der Waals surface area (Å²) in [5.41, 5.74) is 11.3. The Morgan fingerprint density at radius 2 is 1.42 bits per heavy atom. The molecule has 0 saturated heterocycles. The van der Waals surface area contributed by atoms with E-state index in [2.05, 4.69) is 46.5 Å². The molecule has 0 aromatic heterocycles. The Bertz CT molecular complexity index is 1010. The van der Waals surface area contributed by atoms with Gasteiger partial charge in [0.2, 0.25) is 29.5 Å². The summed E-state index contributed by atoms with van der Waals surface area (Å²) >= 11 is 7.91. The van der Waals surface area contributed by atoms with Gasteiger partial charge in [0.25, 0.3) is 0 Å². The Balaban J connectivity index is 2.92. The lowest BCUT2D eigenvalue weighted by Gasteiger charge is -2.23. The number of amides is 5. The number of carbonyl (C=O) groups excluding carboxylic acids is 5. The molecule has 0 fully saturated rings.